The molecule has 2 aromatic carbocycles. The largest absolute Gasteiger partial charge is 0.487 e. The van der Waals surface area contributed by atoms with Crippen LogP contribution in [0.3, 0.4) is 0 Å². The number of hydrogen-bond acceptors (Lipinski definition) is 3. The van der Waals surface area contributed by atoms with Gasteiger partial charge in [-0.15, -0.1) is 0 Å². The summed E-state index contributed by atoms with van der Waals surface area (Å²) in [5, 5.41) is 2.80. The van der Waals surface area contributed by atoms with Crippen LogP contribution < -0.4 is 10.1 Å². The van der Waals surface area contributed by atoms with Crippen LogP contribution in [0.1, 0.15) is 33.2 Å². The number of benzene rings is 2. The molecular formula is C16H13NO3. The van der Waals surface area contributed by atoms with Crippen LogP contribution in [0, 0.1) is 0 Å². The number of carbonyl (C=O) groups excluding carboxylic acids is 2. The number of amides is 1. The molecule has 0 saturated heterocycles. The molecule has 0 unspecified atom stereocenters. The molecule has 20 heavy (non-hydrogen) atoms. The van der Waals surface area contributed by atoms with Crippen LogP contribution >= 0.6 is 0 Å². The van der Waals surface area contributed by atoms with E-state index in [1.807, 2.05) is 18.2 Å². The maximum atomic E-state index is 12.3. The second kappa shape index (κ2) is 4.81. The fourth-order valence-electron chi connectivity index (χ4n) is 2.19. The summed E-state index contributed by atoms with van der Waals surface area (Å²) < 4.78 is 5.71. The number of carbonyl (C=O) groups is 2. The van der Waals surface area contributed by atoms with Crippen molar-refractivity contribution in [2.75, 3.05) is 5.32 Å². The molecule has 0 atom stereocenters. The summed E-state index contributed by atoms with van der Waals surface area (Å²) in [6, 6.07) is 12.4. The summed E-state index contributed by atoms with van der Waals surface area (Å²) in [7, 11) is 0. The molecule has 0 fully saturated rings. The third kappa shape index (κ3) is 2.16. The molecule has 0 bridgehead atoms. The molecule has 1 aliphatic heterocycles. The topological polar surface area (TPSA) is 55.4 Å². The number of fused-ring (bicyclic) bond motifs is 2. The van der Waals surface area contributed by atoms with E-state index >= 15 is 0 Å². The Hall–Kier alpha value is -2.62. The summed E-state index contributed by atoms with van der Waals surface area (Å²) in [5.74, 6) is 0.327. The minimum absolute atomic E-state index is 0.0514. The van der Waals surface area contributed by atoms with Gasteiger partial charge in [-0.3, -0.25) is 9.59 Å². The van der Waals surface area contributed by atoms with Crippen LogP contribution in [-0.2, 0) is 6.61 Å². The number of Topliss-reactive ketones (excluding diaryl/α,β-unsaturated/α-hetero) is 1. The van der Waals surface area contributed by atoms with Crippen molar-refractivity contribution in [1.82, 2.24) is 0 Å². The zero-order valence-corrected chi connectivity index (χ0v) is 11.0. The highest BCUT2D eigenvalue weighted by Crippen LogP contribution is 2.30. The number of nitrogens with one attached hydrogen (secondary N) is 1. The van der Waals surface area contributed by atoms with E-state index in [9.17, 15) is 9.59 Å². The van der Waals surface area contributed by atoms with Crippen molar-refractivity contribution < 1.29 is 14.3 Å². The van der Waals surface area contributed by atoms with Gasteiger partial charge >= 0.3 is 0 Å². The first-order valence-corrected chi connectivity index (χ1v) is 6.32. The minimum Gasteiger partial charge on any atom is -0.487 e. The molecule has 0 aromatic heterocycles. The van der Waals surface area contributed by atoms with Gasteiger partial charge in [0, 0.05) is 16.7 Å². The monoisotopic (exact) mass is 267 g/mol. The molecule has 2 aromatic rings. The van der Waals surface area contributed by atoms with Gasteiger partial charge in [-0.2, -0.15) is 0 Å². The molecule has 4 heteroatoms. The lowest BCUT2D eigenvalue weighted by molar-refractivity contribution is 0.100. The first-order valence-electron chi connectivity index (χ1n) is 6.32. The summed E-state index contributed by atoms with van der Waals surface area (Å²) in [6.07, 6.45) is 0. The maximum absolute atomic E-state index is 12.3. The molecule has 4 nitrogen and oxygen atoms in total. The standard InChI is InChI=1S/C16H13NO3/c1-10(18)11-6-7-15-14(8-11)17-16(19)13-5-3-2-4-12(13)9-20-15/h2-8H,9H2,1H3,(H,17,19). The number of anilines is 1. The van der Waals surface area contributed by atoms with Crippen LogP contribution in [0.2, 0.25) is 0 Å². The van der Waals surface area contributed by atoms with Crippen LogP contribution in [0.5, 0.6) is 5.75 Å². The molecule has 1 N–H and O–H groups in total. The number of hydrogen-bond donors (Lipinski definition) is 1. The van der Waals surface area contributed by atoms with Gasteiger partial charge in [0.05, 0.1) is 5.69 Å². The molecule has 1 aliphatic rings. The van der Waals surface area contributed by atoms with Gasteiger partial charge in [-0.25, -0.2) is 0 Å². The summed E-state index contributed by atoms with van der Waals surface area (Å²) in [5.41, 5.74) is 2.50. The van der Waals surface area contributed by atoms with Gasteiger partial charge in [0.1, 0.15) is 12.4 Å². The average molecular weight is 267 g/mol. The van der Waals surface area contributed by atoms with Crippen molar-refractivity contribution in [2.24, 2.45) is 0 Å². The average Bonchev–Trinajstić information content (AvgIpc) is 2.44. The van der Waals surface area contributed by atoms with Gasteiger partial charge in [0.25, 0.3) is 5.91 Å². The zero-order valence-electron chi connectivity index (χ0n) is 11.0. The Morgan fingerprint density at radius 2 is 2.00 bits per heavy atom. The lowest BCUT2D eigenvalue weighted by Crippen LogP contribution is -2.18. The van der Waals surface area contributed by atoms with Crippen molar-refractivity contribution in [3.8, 4) is 5.75 Å². The van der Waals surface area contributed by atoms with Gasteiger partial charge < -0.3 is 10.1 Å². The summed E-state index contributed by atoms with van der Waals surface area (Å²) in [4.78, 5) is 23.7. The SMILES string of the molecule is CC(=O)c1ccc2c(c1)NC(=O)c1ccccc1CO2. The Bertz CT molecular complexity index is 707. The van der Waals surface area contributed by atoms with Crippen molar-refractivity contribution in [1.29, 1.82) is 0 Å². The molecule has 100 valence electrons. The predicted octanol–water partition coefficient (Wildman–Crippen LogP) is 3.03. The Morgan fingerprint density at radius 3 is 2.80 bits per heavy atom. The Kier molecular flexibility index (Phi) is 2.99. The van der Waals surface area contributed by atoms with Crippen molar-refractivity contribution in [3.05, 3.63) is 59.2 Å². The van der Waals surface area contributed by atoms with Crippen molar-refractivity contribution in [3.63, 3.8) is 0 Å². The van der Waals surface area contributed by atoms with Gasteiger partial charge in [-0.1, -0.05) is 18.2 Å². The second-order valence-electron chi connectivity index (χ2n) is 4.67. The molecular weight excluding hydrogens is 254 g/mol. The van der Waals surface area contributed by atoms with Crippen molar-refractivity contribution >= 4 is 17.4 Å². The molecule has 3 rings (SSSR count). The van der Waals surface area contributed by atoms with E-state index < -0.39 is 0 Å². The molecule has 1 heterocycles. The molecule has 0 saturated carbocycles. The number of ether oxygens (including phenoxy) is 1. The Labute approximate surface area is 116 Å². The highest BCUT2D eigenvalue weighted by Gasteiger charge is 2.18. The van der Waals surface area contributed by atoms with E-state index in [-0.39, 0.29) is 11.7 Å². The fraction of sp³-hybridized carbons (Fsp3) is 0.125. The lowest BCUT2D eigenvalue weighted by Gasteiger charge is -2.18. The fourth-order valence-corrected chi connectivity index (χ4v) is 2.19. The van der Waals surface area contributed by atoms with Crippen LogP contribution in [0.15, 0.2) is 42.5 Å². The third-order valence-electron chi connectivity index (χ3n) is 3.28. The number of rotatable bonds is 1. The Balaban J connectivity index is 2.04. The lowest BCUT2D eigenvalue weighted by atomic mass is 10.1. The summed E-state index contributed by atoms with van der Waals surface area (Å²) >= 11 is 0. The first-order chi connectivity index (χ1) is 9.65. The van der Waals surface area contributed by atoms with E-state index in [4.69, 9.17) is 4.74 Å². The van der Waals surface area contributed by atoms with Crippen LogP contribution in [0.25, 0.3) is 0 Å². The van der Waals surface area contributed by atoms with E-state index in [0.717, 1.165) is 5.56 Å². The molecule has 0 radical (unpaired) electrons. The Morgan fingerprint density at radius 1 is 1.20 bits per heavy atom. The quantitative estimate of drug-likeness (QED) is 0.808. The normalized spacial score (nSPS) is 13.2. The first kappa shape index (κ1) is 12.4. The highest BCUT2D eigenvalue weighted by atomic mass is 16.5. The molecule has 0 spiro atoms. The smallest absolute Gasteiger partial charge is 0.256 e. The van der Waals surface area contributed by atoms with Gasteiger partial charge in [-0.05, 0) is 31.2 Å². The van der Waals surface area contributed by atoms with Crippen LogP contribution in [-0.4, -0.2) is 11.7 Å². The van der Waals surface area contributed by atoms with Crippen molar-refractivity contribution in [2.45, 2.75) is 13.5 Å². The number of ketones is 1. The maximum Gasteiger partial charge on any atom is 0.256 e. The highest BCUT2D eigenvalue weighted by molar-refractivity contribution is 6.07. The van der Waals surface area contributed by atoms with E-state index in [1.165, 1.54) is 6.92 Å². The van der Waals surface area contributed by atoms with E-state index in [2.05, 4.69) is 5.32 Å². The van der Waals surface area contributed by atoms with E-state index in [1.54, 1.807) is 24.3 Å². The van der Waals surface area contributed by atoms with Gasteiger partial charge in [0.15, 0.2) is 5.78 Å². The van der Waals surface area contributed by atoms with Gasteiger partial charge in [0.2, 0.25) is 0 Å². The minimum atomic E-state index is -0.189. The second-order valence-corrected chi connectivity index (χ2v) is 4.67. The third-order valence-corrected chi connectivity index (χ3v) is 3.28. The summed E-state index contributed by atoms with van der Waals surface area (Å²) in [6.45, 7) is 1.82. The van der Waals surface area contributed by atoms with Crippen LogP contribution in [0.4, 0.5) is 5.69 Å². The predicted molar refractivity (Wildman–Crippen MR) is 75.2 cm³/mol. The molecule has 0 aliphatic carbocycles. The zero-order chi connectivity index (χ0) is 14.1. The molecule has 1 amide bonds. The van der Waals surface area contributed by atoms with E-state index in [0.29, 0.717) is 29.2 Å².